The van der Waals surface area contributed by atoms with Crippen LogP contribution in [0.3, 0.4) is 0 Å². The maximum Gasteiger partial charge on any atom is 0.233 e. The minimum atomic E-state index is -0.0418. The number of ether oxygens (including phenoxy) is 1. The first-order valence-corrected chi connectivity index (χ1v) is 10.5. The first-order chi connectivity index (χ1) is 11.7. The second-order valence-corrected chi connectivity index (χ2v) is 9.01. The molecule has 1 fully saturated rings. The monoisotopic (exact) mass is 381 g/mol. The molecule has 0 radical (unpaired) electrons. The van der Waals surface area contributed by atoms with Crippen LogP contribution in [0.5, 0.6) is 5.75 Å². The molecule has 2 aromatic rings. The van der Waals surface area contributed by atoms with Crippen LogP contribution in [0.4, 0.5) is 0 Å². The Morgan fingerprint density at radius 3 is 2.83 bits per heavy atom. The summed E-state index contributed by atoms with van der Waals surface area (Å²) in [5.41, 5.74) is 1.22. The van der Waals surface area contributed by atoms with Crippen molar-refractivity contribution in [1.29, 1.82) is 0 Å². The summed E-state index contributed by atoms with van der Waals surface area (Å²) in [4.78, 5) is 12.0. The number of amides is 1. The molecule has 1 atom stereocenters. The third kappa shape index (κ3) is 4.87. The zero-order chi connectivity index (χ0) is 16.8. The molecule has 0 aliphatic carbocycles. The van der Waals surface area contributed by atoms with E-state index in [1.54, 1.807) is 30.2 Å². The van der Waals surface area contributed by atoms with Gasteiger partial charge in [0, 0.05) is 12.3 Å². The molecule has 2 heterocycles. The highest BCUT2D eigenvalue weighted by molar-refractivity contribution is 8.03. The highest BCUT2D eigenvalue weighted by Gasteiger charge is 2.23. The quantitative estimate of drug-likeness (QED) is 0.772. The molecule has 0 bridgehead atoms. The van der Waals surface area contributed by atoms with Crippen LogP contribution in [0.25, 0.3) is 0 Å². The number of aromatic nitrogens is 2. The topological polar surface area (TPSA) is 64.1 Å². The van der Waals surface area contributed by atoms with Crippen LogP contribution in [-0.4, -0.2) is 35.0 Å². The van der Waals surface area contributed by atoms with Crippen molar-refractivity contribution in [2.24, 2.45) is 0 Å². The SMILES string of the molecule is COc1ccc(CSc2nnc(SC3CCCCNC3=O)s2)cc1. The predicted molar refractivity (Wildman–Crippen MR) is 99.0 cm³/mol. The summed E-state index contributed by atoms with van der Waals surface area (Å²) in [5, 5.41) is 11.4. The van der Waals surface area contributed by atoms with Crippen LogP contribution >= 0.6 is 34.9 Å². The van der Waals surface area contributed by atoms with E-state index in [-0.39, 0.29) is 11.2 Å². The normalized spacial score (nSPS) is 18.0. The maximum absolute atomic E-state index is 12.0. The van der Waals surface area contributed by atoms with Gasteiger partial charge in [-0.25, -0.2) is 0 Å². The summed E-state index contributed by atoms with van der Waals surface area (Å²) >= 11 is 4.76. The highest BCUT2D eigenvalue weighted by Crippen LogP contribution is 2.34. The van der Waals surface area contributed by atoms with Gasteiger partial charge in [-0.15, -0.1) is 10.2 Å². The third-order valence-electron chi connectivity index (χ3n) is 3.64. The first-order valence-electron chi connectivity index (χ1n) is 7.78. The fourth-order valence-electron chi connectivity index (χ4n) is 2.32. The molecular formula is C16H19N3O2S3. The highest BCUT2D eigenvalue weighted by atomic mass is 32.2. The molecule has 1 aromatic heterocycles. The smallest absolute Gasteiger partial charge is 0.233 e. The Balaban J connectivity index is 1.53. The molecule has 5 nitrogen and oxygen atoms in total. The Morgan fingerprint density at radius 2 is 2.04 bits per heavy atom. The van der Waals surface area contributed by atoms with E-state index in [1.807, 2.05) is 12.1 Å². The Hall–Kier alpha value is -1.25. The number of rotatable bonds is 6. The molecular weight excluding hydrogens is 362 g/mol. The Labute approximate surface area is 154 Å². The van der Waals surface area contributed by atoms with Gasteiger partial charge >= 0.3 is 0 Å². The van der Waals surface area contributed by atoms with Crippen LogP contribution in [0.1, 0.15) is 24.8 Å². The van der Waals surface area contributed by atoms with Crippen molar-refractivity contribution < 1.29 is 9.53 Å². The number of nitrogens with zero attached hydrogens (tertiary/aromatic N) is 2. The Kier molecular flexibility index (Phi) is 6.39. The van der Waals surface area contributed by atoms with Gasteiger partial charge in [0.15, 0.2) is 8.68 Å². The fourth-order valence-corrected chi connectivity index (χ4v) is 5.60. The van der Waals surface area contributed by atoms with E-state index in [9.17, 15) is 4.79 Å². The standard InChI is InChI=1S/C16H19N3O2S3/c1-21-12-7-5-11(6-8-12)10-22-15-18-19-16(24-15)23-13-4-2-3-9-17-14(13)20/h5-8,13H,2-4,9-10H2,1H3,(H,17,20). The van der Waals surface area contributed by atoms with Crippen LogP contribution in [-0.2, 0) is 10.5 Å². The van der Waals surface area contributed by atoms with E-state index in [1.165, 1.54) is 17.3 Å². The molecule has 0 saturated carbocycles. The fraction of sp³-hybridized carbons (Fsp3) is 0.438. The summed E-state index contributed by atoms with van der Waals surface area (Å²) in [6.07, 6.45) is 3.04. The van der Waals surface area contributed by atoms with Gasteiger partial charge in [0.05, 0.1) is 12.4 Å². The lowest BCUT2D eigenvalue weighted by Gasteiger charge is -2.09. The van der Waals surface area contributed by atoms with Crippen LogP contribution in [0.2, 0.25) is 0 Å². The third-order valence-corrected chi connectivity index (χ3v) is 7.12. The van der Waals surface area contributed by atoms with E-state index in [0.717, 1.165) is 46.0 Å². The number of benzene rings is 1. The minimum absolute atomic E-state index is 0.0418. The molecule has 128 valence electrons. The summed E-state index contributed by atoms with van der Waals surface area (Å²) < 4.78 is 6.96. The van der Waals surface area contributed by atoms with Gasteiger partial charge in [-0.2, -0.15) is 0 Å². The number of hydrogen-bond acceptors (Lipinski definition) is 7. The van der Waals surface area contributed by atoms with E-state index in [2.05, 4.69) is 27.6 Å². The number of hydrogen-bond donors (Lipinski definition) is 1. The van der Waals surface area contributed by atoms with Crippen LogP contribution in [0, 0.1) is 0 Å². The average molecular weight is 382 g/mol. The molecule has 1 aliphatic rings. The number of carbonyl (C=O) groups excluding carboxylic acids is 1. The van der Waals surface area contributed by atoms with Gasteiger partial charge in [0.2, 0.25) is 5.91 Å². The van der Waals surface area contributed by atoms with Crippen molar-refractivity contribution >= 4 is 40.8 Å². The van der Waals surface area contributed by atoms with E-state index >= 15 is 0 Å². The van der Waals surface area contributed by atoms with Gasteiger partial charge in [0.1, 0.15) is 5.75 Å². The number of nitrogens with one attached hydrogen (secondary N) is 1. The van der Waals surface area contributed by atoms with E-state index in [4.69, 9.17) is 4.74 Å². The summed E-state index contributed by atoms with van der Waals surface area (Å²) in [6, 6.07) is 8.03. The summed E-state index contributed by atoms with van der Waals surface area (Å²) in [7, 11) is 1.67. The number of thioether (sulfide) groups is 2. The van der Waals surface area contributed by atoms with Crippen molar-refractivity contribution in [1.82, 2.24) is 15.5 Å². The summed E-state index contributed by atoms with van der Waals surface area (Å²) in [6.45, 7) is 0.787. The van der Waals surface area contributed by atoms with Gasteiger partial charge in [-0.1, -0.05) is 53.4 Å². The molecule has 1 aliphatic heterocycles. The number of carbonyl (C=O) groups is 1. The van der Waals surface area contributed by atoms with Crippen molar-refractivity contribution in [3.8, 4) is 5.75 Å². The minimum Gasteiger partial charge on any atom is -0.497 e. The second-order valence-electron chi connectivity index (χ2n) is 5.36. The molecule has 3 rings (SSSR count). The lowest BCUT2D eigenvalue weighted by atomic mass is 10.2. The molecule has 1 amide bonds. The van der Waals surface area contributed by atoms with Crippen molar-refractivity contribution in [3.05, 3.63) is 29.8 Å². The summed E-state index contributed by atoms with van der Waals surface area (Å²) in [5.74, 6) is 1.83. The second kappa shape index (κ2) is 8.73. The number of methoxy groups -OCH3 is 1. The Morgan fingerprint density at radius 1 is 1.25 bits per heavy atom. The predicted octanol–water partition coefficient (Wildman–Crippen LogP) is 3.60. The molecule has 1 saturated heterocycles. The van der Waals surface area contributed by atoms with Crippen LogP contribution < -0.4 is 10.1 Å². The molecule has 24 heavy (non-hydrogen) atoms. The largest absolute Gasteiger partial charge is 0.497 e. The van der Waals surface area contributed by atoms with Crippen molar-refractivity contribution in [2.75, 3.05) is 13.7 Å². The maximum atomic E-state index is 12.0. The Bertz CT molecular complexity index is 675. The van der Waals surface area contributed by atoms with Gasteiger partial charge < -0.3 is 10.1 Å². The van der Waals surface area contributed by atoms with Gasteiger partial charge in [-0.3, -0.25) is 4.79 Å². The lowest BCUT2D eigenvalue weighted by Crippen LogP contribution is -2.30. The molecule has 1 N–H and O–H groups in total. The zero-order valence-electron chi connectivity index (χ0n) is 13.4. The van der Waals surface area contributed by atoms with Crippen LogP contribution in [0.15, 0.2) is 32.9 Å². The molecule has 8 heteroatoms. The molecule has 1 unspecified atom stereocenters. The van der Waals surface area contributed by atoms with Crippen molar-refractivity contribution in [3.63, 3.8) is 0 Å². The van der Waals surface area contributed by atoms with E-state index in [0.29, 0.717) is 0 Å². The van der Waals surface area contributed by atoms with E-state index < -0.39 is 0 Å². The zero-order valence-corrected chi connectivity index (χ0v) is 15.8. The van der Waals surface area contributed by atoms with Gasteiger partial charge in [-0.05, 0) is 30.5 Å². The van der Waals surface area contributed by atoms with Gasteiger partial charge in [0.25, 0.3) is 0 Å². The average Bonchev–Trinajstić information content (AvgIpc) is 2.96. The lowest BCUT2D eigenvalue weighted by molar-refractivity contribution is -0.120. The first kappa shape index (κ1) is 17.6. The molecule has 1 aromatic carbocycles. The molecule has 0 spiro atoms. The van der Waals surface area contributed by atoms with Crippen molar-refractivity contribution in [2.45, 2.75) is 38.9 Å².